The molecule has 4 aromatic rings. The molecule has 6 rings (SSSR count). The number of fused-ring (bicyclic) bond motifs is 6. The normalized spacial score (nSPS) is 16.0. The number of nitrogens with zero attached hydrogens (tertiary/aromatic N) is 2. The fourth-order valence-corrected chi connectivity index (χ4v) is 8.21. The molecule has 46 heavy (non-hydrogen) atoms. The van der Waals surface area contributed by atoms with Crippen LogP contribution in [-0.2, 0) is 10.8 Å². The first-order chi connectivity index (χ1) is 21.2. The Kier molecular flexibility index (Phi) is 12.1. The van der Waals surface area contributed by atoms with Crippen LogP contribution in [0.4, 0.5) is 11.4 Å². The number of hydrogen-bond donors (Lipinski definition) is 0. The standard InChI is InChI=1S/C42H54N2.2BrH/c1-31-41(3,4)39-35-23-17-15-21-33(35)25-27-37(39)43(31)29-19-13-11-9-7-8-10-12-14-20-30-44-32(2)42(5,6)40-36-24-18-16-22-34(36)26-28-38(40)44;;/h15-18,21-28H,7-14,19-20,29-30H2,1-6H3;2*1H/q+2;;/p-2. The van der Waals surface area contributed by atoms with Crippen LogP contribution in [0.15, 0.2) is 72.8 Å². The van der Waals surface area contributed by atoms with E-state index in [1.807, 2.05) is 0 Å². The Morgan fingerprint density at radius 1 is 0.435 bits per heavy atom. The van der Waals surface area contributed by atoms with Crippen molar-refractivity contribution in [1.82, 2.24) is 0 Å². The maximum Gasteiger partial charge on any atom is 0.210 e. The molecule has 0 aliphatic carbocycles. The summed E-state index contributed by atoms with van der Waals surface area (Å²) in [6, 6.07) is 27.1. The van der Waals surface area contributed by atoms with Gasteiger partial charge in [0.25, 0.3) is 0 Å². The monoisotopic (exact) mass is 744 g/mol. The van der Waals surface area contributed by atoms with E-state index in [1.165, 1.54) is 120 Å². The van der Waals surface area contributed by atoms with Gasteiger partial charge in [-0.05, 0) is 74.2 Å². The van der Waals surface area contributed by atoms with Crippen LogP contribution in [0.1, 0.15) is 117 Å². The molecule has 2 aliphatic rings. The van der Waals surface area contributed by atoms with Crippen molar-refractivity contribution in [2.75, 3.05) is 13.1 Å². The molecule has 4 heteroatoms. The zero-order chi connectivity index (χ0) is 30.9. The highest BCUT2D eigenvalue weighted by molar-refractivity contribution is 6.02. The molecular weight excluding hydrogens is 692 g/mol. The lowest BCUT2D eigenvalue weighted by Crippen LogP contribution is -3.00. The zero-order valence-electron chi connectivity index (χ0n) is 29.1. The summed E-state index contributed by atoms with van der Waals surface area (Å²) in [5.74, 6) is 0. The molecule has 2 heterocycles. The molecule has 0 N–H and O–H groups in total. The summed E-state index contributed by atoms with van der Waals surface area (Å²) in [5.41, 5.74) is 9.10. The van der Waals surface area contributed by atoms with Gasteiger partial charge in [0.05, 0.1) is 10.8 Å². The lowest BCUT2D eigenvalue weighted by Gasteiger charge is -2.17. The van der Waals surface area contributed by atoms with Crippen LogP contribution < -0.4 is 34.0 Å². The third-order valence-corrected chi connectivity index (χ3v) is 11.3. The summed E-state index contributed by atoms with van der Waals surface area (Å²) < 4.78 is 5.23. The van der Waals surface area contributed by atoms with Crippen LogP contribution in [0, 0.1) is 0 Å². The van der Waals surface area contributed by atoms with Gasteiger partial charge in [-0.2, -0.15) is 9.15 Å². The maximum absolute atomic E-state index is 2.62. The number of halogens is 2. The van der Waals surface area contributed by atoms with Gasteiger partial charge in [-0.15, -0.1) is 0 Å². The number of unbranched alkanes of at least 4 members (excludes halogenated alkanes) is 9. The third kappa shape index (κ3) is 6.81. The van der Waals surface area contributed by atoms with Crippen LogP contribution >= 0.6 is 0 Å². The zero-order valence-corrected chi connectivity index (χ0v) is 32.2. The molecule has 0 saturated heterocycles. The Morgan fingerprint density at radius 3 is 1.13 bits per heavy atom. The van der Waals surface area contributed by atoms with E-state index < -0.39 is 0 Å². The van der Waals surface area contributed by atoms with E-state index in [0.29, 0.717) is 0 Å². The van der Waals surface area contributed by atoms with E-state index in [0.717, 1.165) is 13.1 Å². The minimum Gasteiger partial charge on any atom is -1.00 e. The van der Waals surface area contributed by atoms with E-state index in [1.54, 1.807) is 0 Å². The van der Waals surface area contributed by atoms with Crippen LogP contribution in [0.25, 0.3) is 21.5 Å². The largest absolute Gasteiger partial charge is 1.00 e. The van der Waals surface area contributed by atoms with E-state index in [4.69, 9.17) is 0 Å². The van der Waals surface area contributed by atoms with Crippen molar-refractivity contribution in [2.24, 2.45) is 0 Å². The average Bonchev–Trinajstić information content (AvgIpc) is 3.35. The number of hydrogen-bond acceptors (Lipinski definition) is 0. The molecule has 0 aromatic heterocycles. The van der Waals surface area contributed by atoms with Gasteiger partial charge >= 0.3 is 0 Å². The number of rotatable bonds is 13. The Balaban J connectivity index is 0.00000240. The predicted octanol–water partition coefficient (Wildman–Crippen LogP) is 5.39. The van der Waals surface area contributed by atoms with Gasteiger partial charge in [0, 0.05) is 49.9 Å². The molecular formula is C42H54Br2N2. The van der Waals surface area contributed by atoms with Crippen LogP contribution in [-0.4, -0.2) is 33.7 Å². The van der Waals surface area contributed by atoms with Crippen molar-refractivity contribution in [1.29, 1.82) is 0 Å². The summed E-state index contributed by atoms with van der Waals surface area (Å²) in [4.78, 5) is 0. The molecule has 246 valence electrons. The van der Waals surface area contributed by atoms with Crippen molar-refractivity contribution in [2.45, 2.75) is 117 Å². The summed E-state index contributed by atoms with van der Waals surface area (Å²) in [5, 5.41) is 5.56. The van der Waals surface area contributed by atoms with Crippen LogP contribution in [0.2, 0.25) is 0 Å². The molecule has 0 spiro atoms. The smallest absolute Gasteiger partial charge is 0.210 e. The highest BCUT2D eigenvalue weighted by Crippen LogP contribution is 2.45. The topological polar surface area (TPSA) is 6.02 Å². The Morgan fingerprint density at radius 2 is 0.761 bits per heavy atom. The highest BCUT2D eigenvalue weighted by atomic mass is 79.9. The van der Waals surface area contributed by atoms with E-state index in [-0.39, 0.29) is 44.8 Å². The van der Waals surface area contributed by atoms with Gasteiger partial charge in [-0.3, -0.25) is 0 Å². The second-order valence-corrected chi connectivity index (χ2v) is 14.6. The minimum absolute atomic E-state index is 0. The maximum atomic E-state index is 2.62. The van der Waals surface area contributed by atoms with E-state index >= 15 is 0 Å². The predicted molar refractivity (Wildman–Crippen MR) is 191 cm³/mol. The first-order valence-corrected chi connectivity index (χ1v) is 17.5. The van der Waals surface area contributed by atoms with Crippen molar-refractivity contribution in [3.05, 3.63) is 83.9 Å². The fourth-order valence-electron chi connectivity index (χ4n) is 8.21. The molecule has 2 aliphatic heterocycles. The van der Waals surface area contributed by atoms with Gasteiger partial charge < -0.3 is 34.0 Å². The van der Waals surface area contributed by atoms with Crippen molar-refractivity contribution >= 4 is 44.3 Å². The van der Waals surface area contributed by atoms with Crippen LogP contribution in [0.5, 0.6) is 0 Å². The summed E-state index contributed by atoms with van der Waals surface area (Å²) in [6.45, 7) is 16.6. The Labute approximate surface area is 299 Å². The lowest BCUT2D eigenvalue weighted by molar-refractivity contribution is -0.439. The first kappa shape index (κ1) is 36.5. The molecule has 0 amide bonds. The Bertz CT molecular complexity index is 1610. The number of benzene rings is 4. The minimum atomic E-state index is 0. The van der Waals surface area contributed by atoms with E-state index in [9.17, 15) is 0 Å². The molecule has 0 radical (unpaired) electrons. The molecule has 0 unspecified atom stereocenters. The second kappa shape index (κ2) is 15.3. The van der Waals surface area contributed by atoms with Crippen LogP contribution in [0.3, 0.4) is 0 Å². The molecule has 0 atom stereocenters. The van der Waals surface area contributed by atoms with Crippen molar-refractivity contribution < 1.29 is 43.1 Å². The summed E-state index contributed by atoms with van der Waals surface area (Å²) in [7, 11) is 0. The lowest BCUT2D eigenvalue weighted by atomic mass is 9.80. The summed E-state index contributed by atoms with van der Waals surface area (Å²) >= 11 is 0. The second-order valence-electron chi connectivity index (χ2n) is 14.6. The van der Waals surface area contributed by atoms with Gasteiger partial charge in [0.15, 0.2) is 11.4 Å². The molecule has 0 saturated carbocycles. The first-order valence-electron chi connectivity index (χ1n) is 17.5. The van der Waals surface area contributed by atoms with Gasteiger partial charge in [-0.25, -0.2) is 0 Å². The van der Waals surface area contributed by atoms with Gasteiger partial charge in [0.1, 0.15) is 13.1 Å². The fraction of sp³-hybridized carbons (Fsp3) is 0.476. The molecule has 4 aromatic carbocycles. The average molecular weight is 747 g/mol. The van der Waals surface area contributed by atoms with Gasteiger partial charge in [0.2, 0.25) is 11.4 Å². The third-order valence-electron chi connectivity index (χ3n) is 11.3. The molecule has 2 nitrogen and oxygen atoms in total. The Hall–Kier alpha value is -2.30. The van der Waals surface area contributed by atoms with E-state index in [2.05, 4.69) is 123 Å². The molecule has 0 fully saturated rings. The highest BCUT2D eigenvalue weighted by Gasteiger charge is 2.45. The SMILES string of the molecule is CC1=[N+](CCCCCCCCCCCC[N+]2=C(C)C(C)(C)c3c2ccc2ccccc32)c2ccc3ccccc3c2C1(C)C.[Br-].[Br-]. The quantitative estimate of drug-likeness (QED) is 0.128. The van der Waals surface area contributed by atoms with Crippen molar-refractivity contribution in [3.8, 4) is 0 Å². The van der Waals surface area contributed by atoms with Gasteiger partial charge in [-0.1, -0.05) is 87.1 Å². The molecule has 0 bridgehead atoms. The van der Waals surface area contributed by atoms with Crippen molar-refractivity contribution in [3.63, 3.8) is 0 Å². The summed E-state index contributed by atoms with van der Waals surface area (Å²) in [6.07, 6.45) is 13.5.